The van der Waals surface area contributed by atoms with E-state index in [1.165, 1.54) is 12.8 Å². The Morgan fingerprint density at radius 3 is 2.57 bits per heavy atom. The van der Waals surface area contributed by atoms with Gasteiger partial charge in [0.2, 0.25) is 0 Å². The summed E-state index contributed by atoms with van der Waals surface area (Å²) in [5.74, 6) is 0.827. The number of aliphatic hydroxyl groups excluding tert-OH is 1. The van der Waals surface area contributed by atoms with Gasteiger partial charge in [0.15, 0.2) is 0 Å². The molecule has 1 heterocycles. The fraction of sp³-hybridized carbons (Fsp3) is 0.938. The second-order valence-electron chi connectivity index (χ2n) is 6.79. The molecule has 0 aromatic carbocycles. The van der Waals surface area contributed by atoms with Crippen LogP contribution in [-0.2, 0) is 0 Å². The summed E-state index contributed by atoms with van der Waals surface area (Å²) in [5.41, 5.74) is -0.331. The third kappa shape index (κ3) is 6.22. The van der Waals surface area contributed by atoms with E-state index in [1.54, 1.807) is 0 Å². The number of hydrogen-bond acceptors (Lipinski definition) is 3. The molecule has 1 fully saturated rings. The molecule has 0 spiro atoms. The lowest BCUT2D eigenvalue weighted by atomic mass is 9.95. The zero-order valence-corrected chi connectivity index (χ0v) is 14.1. The molecule has 0 radical (unpaired) electrons. The average Bonchev–Trinajstić information content (AvgIpc) is 2.45. The molecule has 2 unspecified atom stereocenters. The van der Waals surface area contributed by atoms with Gasteiger partial charge < -0.3 is 15.7 Å². The van der Waals surface area contributed by atoms with Gasteiger partial charge in [-0.25, -0.2) is 4.79 Å². The normalized spacial score (nSPS) is 21.6. The van der Waals surface area contributed by atoms with Crippen molar-refractivity contribution in [1.82, 2.24) is 15.5 Å². The van der Waals surface area contributed by atoms with E-state index in [4.69, 9.17) is 5.11 Å². The van der Waals surface area contributed by atoms with E-state index in [0.29, 0.717) is 19.0 Å². The van der Waals surface area contributed by atoms with Gasteiger partial charge >= 0.3 is 6.03 Å². The molecule has 3 N–H and O–H groups in total. The first kappa shape index (κ1) is 18.2. The Balaban J connectivity index is 2.31. The van der Waals surface area contributed by atoms with Crippen LogP contribution in [-0.4, -0.2) is 53.9 Å². The van der Waals surface area contributed by atoms with Crippen LogP contribution in [0.1, 0.15) is 53.4 Å². The molecule has 0 aromatic rings. The molecule has 5 nitrogen and oxygen atoms in total. The lowest BCUT2D eigenvalue weighted by molar-refractivity contribution is 0.144. The SMILES string of the molecule is CCC(C)(CCO)NC(=O)NCC(C)N1CCC(C)CC1. The van der Waals surface area contributed by atoms with Crippen LogP contribution in [0, 0.1) is 5.92 Å². The smallest absolute Gasteiger partial charge is 0.315 e. The second-order valence-corrected chi connectivity index (χ2v) is 6.79. The van der Waals surface area contributed by atoms with E-state index < -0.39 is 0 Å². The van der Waals surface area contributed by atoms with Crippen LogP contribution in [0.5, 0.6) is 0 Å². The predicted molar refractivity (Wildman–Crippen MR) is 86.4 cm³/mol. The van der Waals surface area contributed by atoms with Crippen LogP contribution in [0.25, 0.3) is 0 Å². The minimum atomic E-state index is -0.331. The molecule has 1 aliphatic heterocycles. The first-order valence-electron chi connectivity index (χ1n) is 8.31. The van der Waals surface area contributed by atoms with Crippen molar-refractivity contribution >= 4 is 6.03 Å². The number of urea groups is 1. The maximum absolute atomic E-state index is 12.0. The summed E-state index contributed by atoms with van der Waals surface area (Å²) in [6, 6.07) is 0.235. The Kier molecular flexibility index (Phi) is 7.46. The Morgan fingerprint density at radius 2 is 2.05 bits per heavy atom. The van der Waals surface area contributed by atoms with Gasteiger partial charge in [-0.15, -0.1) is 0 Å². The molecule has 0 bridgehead atoms. The van der Waals surface area contributed by atoms with Crippen LogP contribution >= 0.6 is 0 Å². The molecule has 0 saturated carbocycles. The predicted octanol–water partition coefficient (Wildman–Crippen LogP) is 1.96. The molecular weight excluding hydrogens is 266 g/mol. The molecule has 5 heteroatoms. The molecule has 2 atom stereocenters. The molecule has 1 saturated heterocycles. The van der Waals surface area contributed by atoms with Gasteiger partial charge in [0, 0.05) is 24.7 Å². The summed E-state index contributed by atoms with van der Waals surface area (Å²) in [6.07, 6.45) is 3.89. The lowest BCUT2D eigenvalue weighted by Gasteiger charge is -2.35. The second kappa shape index (κ2) is 8.59. The number of carbonyl (C=O) groups is 1. The highest BCUT2D eigenvalue weighted by molar-refractivity contribution is 5.74. The molecule has 1 aliphatic rings. The maximum atomic E-state index is 12.0. The zero-order valence-electron chi connectivity index (χ0n) is 14.1. The van der Waals surface area contributed by atoms with E-state index in [0.717, 1.165) is 25.4 Å². The van der Waals surface area contributed by atoms with Crippen LogP contribution in [0.2, 0.25) is 0 Å². The van der Waals surface area contributed by atoms with Crippen molar-refractivity contribution in [3.63, 3.8) is 0 Å². The van der Waals surface area contributed by atoms with Gasteiger partial charge in [-0.1, -0.05) is 13.8 Å². The quantitative estimate of drug-likeness (QED) is 0.673. The van der Waals surface area contributed by atoms with Gasteiger partial charge in [0.1, 0.15) is 0 Å². The van der Waals surface area contributed by atoms with Gasteiger partial charge in [-0.05, 0) is 58.5 Å². The number of likely N-dealkylation sites (tertiary alicyclic amines) is 1. The van der Waals surface area contributed by atoms with E-state index >= 15 is 0 Å². The Bertz CT molecular complexity index is 317. The summed E-state index contributed by atoms with van der Waals surface area (Å²) < 4.78 is 0. The largest absolute Gasteiger partial charge is 0.396 e. The third-order valence-electron chi connectivity index (χ3n) is 4.86. The molecule has 0 aromatic heterocycles. The summed E-state index contributed by atoms with van der Waals surface area (Å²) in [7, 11) is 0. The van der Waals surface area contributed by atoms with Gasteiger partial charge in [-0.3, -0.25) is 4.90 Å². The molecule has 21 heavy (non-hydrogen) atoms. The monoisotopic (exact) mass is 299 g/mol. The van der Waals surface area contributed by atoms with Crippen molar-refractivity contribution < 1.29 is 9.90 Å². The average molecular weight is 299 g/mol. The summed E-state index contributed by atoms with van der Waals surface area (Å²) >= 11 is 0. The zero-order chi connectivity index (χ0) is 15.9. The van der Waals surface area contributed by atoms with Gasteiger partial charge in [0.05, 0.1) is 0 Å². The van der Waals surface area contributed by atoms with Crippen molar-refractivity contribution in [3.05, 3.63) is 0 Å². The molecule has 1 rings (SSSR count). The summed E-state index contributed by atoms with van der Waals surface area (Å²) in [5, 5.41) is 15.0. The number of aliphatic hydroxyl groups is 1. The topological polar surface area (TPSA) is 64.6 Å². The molecule has 0 aliphatic carbocycles. The standard InChI is InChI=1S/C16H33N3O2/c1-5-16(4,8-11-20)18-15(21)17-12-14(3)19-9-6-13(2)7-10-19/h13-14,20H,5-12H2,1-4H3,(H2,17,18,21). The van der Waals surface area contributed by atoms with Gasteiger partial charge in [-0.2, -0.15) is 0 Å². The lowest BCUT2D eigenvalue weighted by Crippen LogP contribution is -2.53. The summed E-state index contributed by atoms with van der Waals surface area (Å²) in [6.45, 7) is 11.5. The van der Waals surface area contributed by atoms with E-state index in [-0.39, 0.29) is 18.2 Å². The minimum Gasteiger partial charge on any atom is -0.396 e. The molecular formula is C16H33N3O2. The highest BCUT2D eigenvalue weighted by atomic mass is 16.3. The van der Waals surface area contributed by atoms with Crippen LogP contribution < -0.4 is 10.6 Å². The van der Waals surface area contributed by atoms with Crippen LogP contribution in [0.3, 0.4) is 0 Å². The van der Waals surface area contributed by atoms with E-state index in [1.807, 2.05) is 13.8 Å². The molecule has 2 amide bonds. The third-order valence-corrected chi connectivity index (χ3v) is 4.86. The maximum Gasteiger partial charge on any atom is 0.315 e. The highest BCUT2D eigenvalue weighted by Gasteiger charge is 2.24. The van der Waals surface area contributed by atoms with Crippen molar-refractivity contribution in [2.24, 2.45) is 5.92 Å². The Labute approximate surface area is 129 Å². The number of amides is 2. The number of piperidine rings is 1. The van der Waals surface area contributed by atoms with Crippen molar-refractivity contribution in [3.8, 4) is 0 Å². The van der Waals surface area contributed by atoms with Crippen LogP contribution in [0.4, 0.5) is 4.79 Å². The van der Waals surface area contributed by atoms with Gasteiger partial charge in [0.25, 0.3) is 0 Å². The Morgan fingerprint density at radius 1 is 1.43 bits per heavy atom. The fourth-order valence-electron chi connectivity index (χ4n) is 2.73. The highest BCUT2D eigenvalue weighted by Crippen LogP contribution is 2.17. The van der Waals surface area contributed by atoms with E-state index in [9.17, 15) is 4.79 Å². The summed E-state index contributed by atoms with van der Waals surface area (Å²) in [4.78, 5) is 14.5. The van der Waals surface area contributed by atoms with Crippen molar-refractivity contribution in [2.75, 3.05) is 26.2 Å². The Hall–Kier alpha value is -0.810. The number of rotatable bonds is 7. The minimum absolute atomic E-state index is 0.0903. The number of hydrogen-bond donors (Lipinski definition) is 3. The first-order chi connectivity index (χ1) is 9.90. The first-order valence-corrected chi connectivity index (χ1v) is 8.31. The van der Waals surface area contributed by atoms with Crippen molar-refractivity contribution in [1.29, 1.82) is 0 Å². The van der Waals surface area contributed by atoms with Crippen molar-refractivity contribution in [2.45, 2.75) is 65.0 Å². The number of nitrogens with one attached hydrogen (secondary N) is 2. The number of carbonyl (C=O) groups excluding carboxylic acids is 1. The number of nitrogens with zero attached hydrogens (tertiary/aromatic N) is 1. The fourth-order valence-corrected chi connectivity index (χ4v) is 2.73. The van der Waals surface area contributed by atoms with E-state index in [2.05, 4.69) is 29.4 Å². The molecule has 124 valence electrons. The van der Waals surface area contributed by atoms with Crippen LogP contribution in [0.15, 0.2) is 0 Å².